The van der Waals surface area contributed by atoms with Crippen molar-refractivity contribution in [2.45, 2.75) is 25.1 Å². The number of nitrogens with one attached hydrogen (secondary N) is 1. The summed E-state index contributed by atoms with van der Waals surface area (Å²) in [5.41, 5.74) is 1.16. The molecule has 1 aromatic heterocycles. The normalized spacial score (nSPS) is 11.5. The van der Waals surface area contributed by atoms with Gasteiger partial charge in [0, 0.05) is 5.75 Å². The Kier molecular flexibility index (Phi) is 7.67. The highest BCUT2D eigenvalue weighted by atomic mass is 32.2. The van der Waals surface area contributed by atoms with Crippen LogP contribution in [0.1, 0.15) is 19.4 Å². The number of methoxy groups -OCH3 is 1. The van der Waals surface area contributed by atoms with Crippen LogP contribution in [0.15, 0.2) is 22.5 Å². The average molecular weight is 445 g/mol. The highest BCUT2D eigenvalue weighted by Gasteiger charge is 2.24. The summed E-state index contributed by atoms with van der Waals surface area (Å²) in [5.74, 6) is 1.27. The van der Waals surface area contributed by atoms with Gasteiger partial charge in [-0.2, -0.15) is 0 Å². The van der Waals surface area contributed by atoms with Gasteiger partial charge >= 0.3 is 0 Å². The van der Waals surface area contributed by atoms with Crippen LogP contribution in [0, 0.1) is 12.8 Å². The van der Waals surface area contributed by atoms with E-state index < -0.39 is 22.5 Å². The van der Waals surface area contributed by atoms with Gasteiger partial charge in [0.25, 0.3) is 0 Å². The SMILES string of the molecule is COc1ccc(C)cc1N(CC(=O)Nc1nnc(SCC(C)C)s1)S(C)(=O)=O. The smallest absolute Gasteiger partial charge is 0.246 e. The van der Waals surface area contributed by atoms with Crippen LogP contribution in [0.5, 0.6) is 5.75 Å². The molecule has 11 heteroatoms. The van der Waals surface area contributed by atoms with E-state index in [1.54, 1.807) is 30.0 Å². The Labute approximate surface area is 173 Å². The van der Waals surface area contributed by atoms with Gasteiger partial charge in [0.15, 0.2) is 4.34 Å². The van der Waals surface area contributed by atoms with Crippen molar-refractivity contribution in [3.63, 3.8) is 0 Å². The van der Waals surface area contributed by atoms with Crippen LogP contribution in [-0.2, 0) is 14.8 Å². The lowest BCUT2D eigenvalue weighted by Gasteiger charge is -2.23. The number of benzene rings is 1. The predicted molar refractivity (Wildman–Crippen MR) is 114 cm³/mol. The van der Waals surface area contributed by atoms with Crippen molar-refractivity contribution < 1.29 is 17.9 Å². The maximum Gasteiger partial charge on any atom is 0.246 e. The molecule has 0 aliphatic rings. The monoisotopic (exact) mass is 444 g/mol. The molecule has 1 N–H and O–H groups in total. The van der Waals surface area contributed by atoms with Crippen LogP contribution in [0.25, 0.3) is 0 Å². The molecule has 1 aromatic carbocycles. The summed E-state index contributed by atoms with van der Waals surface area (Å²) in [7, 11) is -2.26. The Hall–Kier alpha value is -1.85. The molecule has 28 heavy (non-hydrogen) atoms. The zero-order valence-electron chi connectivity index (χ0n) is 16.4. The fourth-order valence-corrected chi connectivity index (χ4v) is 4.82. The third-order valence-electron chi connectivity index (χ3n) is 3.48. The average Bonchev–Trinajstić information content (AvgIpc) is 3.04. The number of ether oxygens (including phenoxy) is 1. The second kappa shape index (κ2) is 9.57. The molecule has 0 saturated heterocycles. The zero-order chi connectivity index (χ0) is 20.9. The van der Waals surface area contributed by atoms with Gasteiger partial charge in [-0.3, -0.25) is 14.4 Å². The van der Waals surface area contributed by atoms with Gasteiger partial charge in [-0.25, -0.2) is 8.42 Å². The Morgan fingerprint density at radius 3 is 2.68 bits per heavy atom. The van der Waals surface area contributed by atoms with Gasteiger partial charge < -0.3 is 4.74 Å². The van der Waals surface area contributed by atoms with E-state index in [-0.39, 0.29) is 0 Å². The number of carbonyl (C=O) groups excluding carboxylic acids is 1. The Bertz CT molecular complexity index is 928. The van der Waals surface area contributed by atoms with Gasteiger partial charge in [-0.15, -0.1) is 10.2 Å². The number of rotatable bonds is 9. The lowest BCUT2D eigenvalue weighted by molar-refractivity contribution is -0.114. The first kappa shape index (κ1) is 22.4. The van der Waals surface area contributed by atoms with E-state index in [0.717, 1.165) is 26.2 Å². The number of aryl methyl sites for hydroxylation is 1. The molecule has 0 atom stereocenters. The largest absolute Gasteiger partial charge is 0.495 e. The number of hydrogen-bond acceptors (Lipinski definition) is 8. The predicted octanol–water partition coefficient (Wildman–Crippen LogP) is 3.01. The molecular weight excluding hydrogens is 420 g/mol. The standard InChI is InChI=1S/C17H24N4O4S3/c1-11(2)10-26-17-20-19-16(27-17)18-15(22)9-21(28(5,23)24)13-8-12(3)6-7-14(13)25-4/h6-8,11H,9-10H2,1-5H3,(H,18,19,22). The van der Waals surface area contributed by atoms with Gasteiger partial charge in [0.05, 0.1) is 19.1 Å². The third-order valence-corrected chi connectivity index (χ3v) is 7.01. The minimum atomic E-state index is -3.71. The van der Waals surface area contributed by atoms with E-state index in [1.165, 1.54) is 18.4 Å². The third kappa shape index (κ3) is 6.35. The minimum Gasteiger partial charge on any atom is -0.495 e. The topological polar surface area (TPSA) is 101 Å². The zero-order valence-corrected chi connectivity index (χ0v) is 18.9. The van der Waals surface area contributed by atoms with Crippen molar-refractivity contribution in [1.82, 2.24) is 10.2 Å². The van der Waals surface area contributed by atoms with Gasteiger partial charge in [-0.1, -0.05) is 43.0 Å². The molecule has 1 amide bonds. The number of sulfonamides is 1. The van der Waals surface area contributed by atoms with Crippen LogP contribution in [0.2, 0.25) is 0 Å². The van der Waals surface area contributed by atoms with E-state index in [2.05, 4.69) is 29.4 Å². The van der Waals surface area contributed by atoms with Crippen molar-refractivity contribution in [3.8, 4) is 5.75 Å². The van der Waals surface area contributed by atoms with E-state index in [4.69, 9.17) is 4.74 Å². The lowest BCUT2D eigenvalue weighted by Crippen LogP contribution is -2.37. The Morgan fingerprint density at radius 2 is 2.07 bits per heavy atom. The molecule has 0 fully saturated rings. The quantitative estimate of drug-likeness (QED) is 0.468. The summed E-state index contributed by atoms with van der Waals surface area (Å²) in [4.78, 5) is 12.5. The summed E-state index contributed by atoms with van der Waals surface area (Å²) >= 11 is 2.83. The summed E-state index contributed by atoms with van der Waals surface area (Å²) < 4.78 is 31.7. The molecule has 0 spiro atoms. The van der Waals surface area contributed by atoms with Crippen LogP contribution >= 0.6 is 23.1 Å². The molecule has 2 rings (SSSR count). The maximum atomic E-state index is 12.5. The first-order valence-corrected chi connectivity index (χ1v) is 12.1. The van der Waals surface area contributed by atoms with Crippen molar-refractivity contribution in [1.29, 1.82) is 0 Å². The van der Waals surface area contributed by atoms with Gasteiger partial charge in [-0.05, 0) is 30.5 Å². The van der Waals surface area contributed by atoms with Gasteiger partial charge in [0.2, 0.25) is 21.1 Å². The second-order valence-corrected chi connectivity index (χ2v) is 10.7. The van der Waals surface area contributed by atoms with Crippen LogP contribution in [0.3, 0.4) is 0 Å². The lowest BCUT2D eigenvalue weighted by atomic mass is 10.2. The summed E-state index contributed by atoms with van der Waals surface area (Å²) in [6.45, 7) is 5.65. The number of thioether (sulfide) groups is 1. The highest BCUT2D eigenvalue weighted by Crippen LogP contribution is 2.31. The molecular formula is C17H24N4O4S3. The van der Waals surface area contributed by atoms with E-state index in [9.17, 15) is 13.2 Å². The summed E-state index contributed by atoms with van der Waals surface area (Å²) in [6, 6.07) is 5.14. The molecule has 2 aromatic rings. The summed E-state index contributed by atoms with van der Waals surface area (Å²) in [5, 5.41) is 10.9. The molecule has 0 aliphatic heterocycles. The Morgan fingerprint density at radius 1 is 1.36 bits per heavy atom. The van der Waals surface area contributed by atoms with E-state index in [0.29, 0.717) is 22.5 Å². The molecule has 0 saturated carbocycles. The number of aromatic nitrogens is 2. The van der Waals surface area contributed by atoms with Crippen molar-refractivity contribution in [3.05, 3.63) is 23.8 Å². The van der Waals surface area contributed by atoms with E-state index in [1.807, 2.05) is 6.92 Å². The molecule has 154 valence electrons. The number of anilines is 2. The second-order valence-electron chi connectivity index (χ2n) is 6.57. The maximum absolute atomic E-state index is 12.5. The number of hydrogen-bond donors (Lipinski definition) is 1. The molecule has 0 aliphatic carbocycles. The van der Waals surface area contributed by atoms with Crippen molar-refractivity contribution in [2.75, 3.05) is 35.3 Å². The Balaban J connectivity index is 2.16. The first-order valence-electron chi connectivity index (χ1n) is 8.48. The molecule has 0 bridgehead atoms. The van der Waals surface area contributed by atoms with E-state index >= 15 is 0 Å². The molecule has 0 radical (unpaired) electrons. The van der Waals surface area contributed by atoms with Crippen LogP contribution in [0.4, 0.5) is 10.8 Å². The fourth-order valence-electron chi connectivity index (χ4n) is 2.22. The fraction of sp³-hybridized carbons (Fsp3) is 0.471. The van der Waals surface area contributed by atoms with Crippen LogP contribution in [-0.4, -0.2) is 50.2 Å². The van der Waals surface area contributed by atoms with Crippen LogP contribution < -0.4 is 14.4 Å². The molecule has 1 heterocycles. The van der Waals surface area contributed by atoms with Crippen molar-refractivity contribution in [2.24, 2.45) is 5.92 Å². The number of nitrogens with zero attached hydrogens (tertiary/aromatic N) is 3. The number of carbonyl (C=O) groups is 1. The molecule has 8 nitrogen and oxygen atoms in total. The highest BCUT2D eigenvalue weighted by molar-refractivity contribution is 8.01. The number of amides is 1. The van der Waals surface area contributed by atoms with Gasteiger partial charge in [0.1, 0.15) is 12.3 Å². The summed E-state index contributed by atoms with van der Waals surface area (Å²) in [6.07, 6.45) is 1.05. The van der Waals surface area contributed by atoms with Crippen molar-refractivity contribution >= 4 is 49.8 Å². The molecule has 0 unspecified atom stereocenters. The minimum absolute atomic E-state index is 0.311. The first-order chi connectivity index (χ1) is 13.1.